The molecule has 0 radical (unpaired) electrons. The SMILES string of the molecule is Cc1ccc(C(=N)N)c(N2CCC(C)(O)C2)c1. The zero-order valence-corrected chi connectivity index (χ0v) is 10.3. The second-order valence-electron chi connectivity index (χ2n) is 5.10. The summed E-state index contributed by atoms with van der Waals surface area (Å²) >= 11 is 0. The van der Waals surface area contributed by atoms with E-state index in [9.17, 15) is 5.11 Å². The van der Waals surface area contributed by atoms with Crippen molar-refractivity contribution >= 4 is 11.5 Å². The number of nitrogens with one attached hydrogen (secondary N) is 1. The van der Waals surface area contributed by atoms with E-state index in [1.165, 1.54) is 0 Å². The van der Waals surface area contributed by atoms with E-state index in [1.807, 2.05) is 32.0 Å². The maximum absolute atomic E-state index is 10.00. The van der Waals surface area contributed by atoms with Crippen LogP contribution in [-0.4, -0.2) is 29.6 Å². The molecule has 0 saturated carbocycles. The Balaban J connectivity index is 2.38. The average Bonchev–Trinajstić information content (AvgIpc) is 2.58. The number of rotatable bonds is 2. The summed E-state index contributed by atoms with van der Waals surface area (Å²) in [5.41, 5.74) is 7.79. The number of benzene rings is 1. The largest absolute Gasteiger partial charge is 0.388 e. The molecule has 1 aromatic carbocycles. The van der Waals surface area contributed by atoms with Crippen molar-refractivity contribution in [2.45, 2.75) is 25.9 Å². The number of anilines is 1. The van der Waals surface area contributed by atoms with Gasteiger partial charge in [0.15, 0.2) is 0 Å². The normalized spacial score (nSPS) is 24.1. The molecular weight excluding hydrogens is 214 g/mol. The van der Waals surface area contributed by atoms with E-state index in [0.717, 1.165) is 29.8 Å². The van der Waals surface area contributed by atoms with Crippen molar-refractivity contribution in [2.24, 2.45) is 5.73 Å². The molecule has 1 aliphatic rings. The molecule has 1 aromatic rings. The van der Waals surface area contributed by atoms with Crippen LogP contribution in [0.4, 0.5) is 5.69 Å². The summed E-state index contributed by atoms with van der Waals surface area (Å²) < 4.78 is 0. The molecule has 0 aliphatic carbocycles. The predicted molar refractivity (Wildman–Crippen MR) is 69.6 cm³/mol. The van der Waals surface area contributed by atoms with Crippen molar-refractivity contribution in [3.05, 3.63) is 29.3 Å². The molecule has 1 unspecified atom stereocenters. The number of β-amino-alcohol motifs (C(OH)–C–C–N with tert-alkyl or cyclic N) is 1. The van der Waals surface area contributed by atoms with Crippen LogP contribution in [0.15, 0.2) is 18.2 Å². The summed E-state index contributed by atoms with van der Waals surface area (Å²) in [6.45, 7) is 5.26. The fourth-order valence-corrected chi connectivity index (χ4v) is 2.28. The first-order valence-corrected chi connectivity index (χ1v) is 5.81. The minimum atomic E-state index is -0.641. The number of nitrogens with two attached hydrogens (primary N) is 1. The summed E-state index contributed by atoms with van der Waals surface area (Å²) in [6, 6.07) is 5.85. The van der Waals surface area contributed by atoms with Gasteiger partial charge in [0.1, 0.15) is 5.84 Å². The van der Waals surface area contributed by atoms with Crippen molar-refractivity contribution in [3.63, 3.8) is 0 Å². The minimum absolute atomic E-state index is 0.0755. The molecule has 17 heavy (non-hydrogen) atoms. The zero-order valence-electron chi connectivity index (χ0n) is 10.3. The van der Waals surface area contributed by atoms with Crippen molar-refractivity contribution in [1.82, 2.24) is 0 Å². The molecule has 1 atom stereocenters. The van der Waals surface area contributed by atoms with Gasteiger partial charge in [-0.1, -0.05) is 6.07 Å². The highest BCUT2D eigenvalue weighted by Gasteiger charge is 2.32. The summed E-state index contributed by atoms with van der Waals surface area (Å²) in [6.07, 6.45) is 0.748. The van der Waals surface area contributed by atoms with Crippen LogP contribution in [0.25, 0.3) is 0 Å². The molecule has 1 saturated heterocycles. The lowest BCUT2D eigenvalue weighted by molar-refractivity contribution is 0.0839. The lowest BCUT2D eigenvalue weighted by Gasteiger charge is -2.23. The fourth-order valence-electron chi connectivity index (χ4n) is 2.28. The lowest BCUT2D eigenvalue weighted by atomic mass is 10.1. The van der Waals surface area contributed by atoms with E-state index >= 15 is 0 Å². The number of aliphatic hydroxyl groups is 1. The predicted octanol–water partition coefficient (Wildman–Crippen LogP) is 1.24. The van der Waals surface area contributed by atoms with Crippen LogP contribution < -0.4 is 10.6 Å². The first-order valence-electron chi connectivity index (χ1n) is 5.81. The Morgan fingerprint density at radius 2 is 2.24 bits per heavy atom. The van der Waals surface area contributed by atoms with Crippen LogP contribution in [0.3, 0.4) is 0 Å². The topological polar surface area (TPSA) is 73.3 Å². The minimum Gasteiger partial charge on any atom is -0.388 e. The Labute approximate surface area is 102 Å². The van der Waals surface area contributed by atoms with Crippen LogP contribution in [0, 0.1) is 12.3 Å². The van der Waals surface area contributed by atoms with Gasteiger partial charge in [-0.3, -0.25) is 5.41 Å². The summed E-state index contributed by atoms with van der Waals surface area (Å²) in [5.74, 6) is 0.0755. The van der Waals surface area contributed by atoms with Crippen LogP contribution >= 0.6 is 0 Å². The molecular formula is C13H19N3O. The third kappa shape index (κ3) is 2.42. The first-order chi connectivity index (χ1) is 7.89. The van der Waals surface area contributed by atoms with Gasteiger partial charge in [0.25, 0.3) is 0 Å². The van der Waals surface area contributed by atoms with Gasteiger partial charge in [-0.2, -0.15) is 0 Å². The van der Waals surface area contributed by atoms with Gasteiger partial charge in [-0.25, -0.2) is 0 Å². The molecule has 1 fully saturated rings. The standard InChI is InChI=1S/C13H19N3O/c1-9-3-4-10(12(14)15)11(7-9)16-6-5-13(2,17)8-16/h3-4,7,17H,5-6,8H2,1-2H3,(H3,14,15). The Morgan fingerprint density at radius 3 is 2.76 bits per heavy atom. The van der Waals surface area contributed by atoms with Crippen LogP contribution in [-0.2, 0) is 0 Å². The number of nitrogens with zero attached hydrogens (tertiary/aromatic N) is 1. The van der Waals surface area contributed by atoms with Gasteiger partial charge in [0.2, 0.25) is 0 Å². The molecule has 4 N–H and O–H groups in total. The Kier molecular flexibility index (Phi) is 2.83. The molecule has 1 heterocycles. The summed E-state index contributed by atoms with van der Waals surface area (Å²) in [5, 5.41) is 17.6. The fraction of sp³-hybridized carbons (Fsp3) is 0.462. The van der Waals surface area contributed by atoms with E-state index in [2.05, 4.69) is 4.90 Å². The van der Waals surface area contributed by atoms with Crippen LogP contribution in [0.2, 0.25) is 0 Å². The zero-order chi connectivity index (χ0) is 12.6. The molecule has 0 spiro atoms. The van der Waals surface area contributed by atoms with Gasteiger partial charge in [-0.15, -0.1) is 0 Å². The second kappa shape index (κ2) is 4.04. The van der Waals surface area contributed by atoms with Crippen LogP contribution in [0.5, 0.6) is 0 Å². The van der Waals surface area contributed by atoms with Gasteiger partial charge in [0.05, 0.1) is 5.60 Å². The Morgan fingerprint density at radius 1 is 1.53 bits per heavy atom. The maximum atomic E-state index is 10.00. The molecule has 4 nitrogen and oxygen atoms in total. The third-order valence-electron chi connectivity index (χ3n) is 3.24. The van der Waals surface area contributed by atoms with E-state index in [4.69, 9.17) is 11.1 Å². The Hall–Kier alpha value is -1.55. The molecule has 4 heteroatoms. The van der Waals surface area contributed by atoms with Crippen molar-refractivity contribution in [2.75, 3.05) is 18.0 Å². The number of aryl methyl sites for hydroxylation is 1. The lowest BCUT2D eigenvalue weighted by Crippen LogP contribution is -2.31. The highest BCUT2D eigenvalue weighted by molar-refractivity contribution is 6.00. The van der Waals surface area contributed by atoms with E-state index in [-0.39, 0.29) is 5.84 Å². The molecule has 0 amide bonds. The number of amidine groups is 1. The van der Waals surface area contributed by atoms with E-state index < -0.39 is 5.60 Å². The molecule has 1 aliphatic heterocycles. The van der Waals surface area contributed by atoms with Crippen molar-refractivity contribution < 1.29 is 5.11 Å². The first kappa shape index (κ1) is 11.9. The van der Waals surface area contributed by atoms with Gasteiger partial charge < -0.3 is 15.7 Å². The van der Waals surface area contributed by atoms with Gasteiger partial charge in [0, 0.05) is 24.3 Å². The molecule has 0 aromatic heterocycles. The Bertz CT molecular complexity index is 454. The highest BCUT2D eigenvalue weighted by atomic mass is 16.3. The molecule has 0 bridgehead atoms. The number of hydrogen-bond acceptors (Lipinski definition) is 3. The number of hydrogen-bond donors (Lipinski definition) is 3. The monoisotopic (exact) mass is 233 g/mol. The van der Waals surface area contributed by atoms with Crippen LogP contribution in [0.1, 0.15) is 24.5 Å². The quantitative estimate of drug-likeness (QED) is 0.531. The summed E-state index contributed by atoms with van der Waals surface area (Å²) in [4.78, 5) is 2.10. The van der Waals surface area contributed by atoms with Gasteiger partial charge >= 0.3 is 0 Å². The number of nitrogen functional groups attached to an aromatic ring is 1. The van der Waals surface area contributed by atoms with E-state index in [0.29, 0.717) is 6.54 Å². The maximum Gasteiger partial charge on any atom is 0.124 e. The molecule has 2 rings (SSSR count). The van der Waals surface area contributed by atoms with Gasteiger partial charge in [-0.05, 0) is 38.0 Å². The third-order valence-corrected chi connectivity index (χ3v) is 3.24. The molecule has 92 valence electrons. The average molecular weight is 233 g/mol. The van der Waals surface area contributed by atoms with E-state index in [1.54, 1.807) is 0 Å². The van der Waals surface area contributed by atoms with Crippen molar-refractivity contribution in [1.29, 1.82) is 5.41 Å². The highest BCUT2D eigenvalue weighted by Crippen LogP contribution is 2.29. The second-order valence-corrected chi connectivity index (χ2v) is 5.10. The summed E-state index contributed by atoms with van der Waals surface area (Å²) in [7, 11) is 0. The van der Waals surface area contributed by atoms with Crippen molar-refractivity contribution in [3.8, 4) is 0 Å². The smallest absolute Gasteiger partial charge is 0.124 e.